The van der Waals surface area contributed by atoms with Crippen molar-refractivity contribution in [3.63, 3.8) is 0 Å². The minimum absolute atomic E-state index is 0.0546. The number of carbonyl (C=O) groups excluding carboxylic acids is 1. The molecule has 0 saturated heterocycles. The van der Waals surface area contributed by atoms with E-state index in [1.165, 1.54) is 18.2 Å². The van der Waals surface area contributed by atoms with Crippen molar-refractivity contribution in [1.82, 2.24) is 0 Å². The molecule has 7 heteroatoms. The first-order chi connectivity index (χ1) is 8.95. The van der Waals surface area contributed by atoms with Gasteiger partial charge in [-0.15, -0.1) is 0 Å². The fourth-order valence-corrected chi connectivity index (χ4v) is 2.19. The van der Waals surface area contributed by atoms with E-state index >= 15 is 0 Å². The van der Waals surface area contributed by atoms with Crippen LogP contribution in [0.25, 0.3) is 0 Å². The molecule has 0 fully saturated rings. The summed E-state index contributed by atoms with van der Waals surface area (Å²) < 4.78 is 0. The van der Waals surface area contributed by atoms with Crippen molar-refractivity contribution < 1.29 is 9.72 Å². The molecule has 104 valence electrons. The van der Waals surface area contributed by atoms with E-state index in [-0.39, 0.29) is 17.3 Å². The number of nitro groups is 1. The Morgan fingerprint density at radius 1 is 1.58 bits per heavy atom. The number of anilines is 1. The van der Waals surface area contributed by atoms with Crippen LogP contribution in [0.2, 0.25) is 0 Å². The number of hydrogen-bond acceptors (Lipinski definition) is 5. The molecule has 3 N–H and O–H groups in total. The van der Waals surface area contributed by atoms with Gasteiger partial charge in [-0.3, -0.25) is 14.9 Å². The molecule has 0 saturated carbocycles. The predicted octanol–water partition coefficient (Wildman–Crippen LogP) is 2.25. The average Bonchev–Trinajstić information content (AvgIpc) is 2.35. The van der Waals surface area contributed by atoms with Gasteiger partial charge in [0.2, 0.25) is 5.91 Å². The monoisotopic (exact) mass is 283 g/mol. The van der Waals surface area contributed by atoms with Gasteiger partial charge in [0.1, 0.15) is 5.69 Å². The summed E-state index contributed by atoms with van der Waals surface area (Å²) in [6.45, 7) is 1.94. The topological polar surface area (TPSA) is 98.3 Å². The fourth-order valence-electron chi connectivity index (χ4n) is 1.60. The molecule has 0 spiro atoms. The second kappa shape index (κ2) is 6.98. The molecule has 6 nitrogen and oxygen atoms in total. The maximum Gasteiger partial charge on any atom is 0.292 e. The van der Waals surface area contributed by atoms with E-state index in [4.69, 9.17) is 5.73 Å². The lowest BCUT2D eigenvalue weighted by Crippen LogP contribution is -2.18. The Morgan fingerprint density at radius 2 is 2.26 bits per heavy atom. The van der Waals surface area contributed by atoms with Gasteiger partial charge in [-0.1, -0.05) is 0 Å². The van der Waals surface area contributed by atoms with E-state index in [9.17, 15) is 14.9 Å². The van der Waals surface area contributed by atoms with Crippen molar-refractivity contribution in [3.05, 3.63) is 33.9 Å². The van der Waals surface area contributed by atoms with Crippen molar-refractivity contribution in [3.8, 4) is 0 Å². The van der Waals surface area contributed by atoms with Crippen molar-refractivity contribution >= 4 is 29.0 Å². The second-order valence-corrected chi connectivity index (χ2v) is 5.17. The zero-order valence-electron chi connectivity index (χ0n) is 10.9. The molecule has 0 aliphatic rings. The van der Waals surface area contributed by atoms with E-state index in [0.29, 0.717) is 5.69 Å². The number of nitrogens with one attached hydrogen (secondary N) is 1. The van der Waals surface area contributed by atoms with E-state index in [0.717, 1.165) is 12.2 Å². The summed E-state index contributed by atoms with van der Waals surface area (Å²) in [6, 6.07) is 4.16. The lowest BCUT2D eigenvalue weighted by Gasteiger charge is -2.15. The van der Waals surface area contributed by atoms with Crippen molar-refractivity contribution in [2.75, 3.05) is 17.3 Å². The number of benzene rings is 1. The highest BCUT2D eigenvalue weighted by Gasteiger charge is 2.17. The Labute approximate surface area is 115 Å². The molecule has 0 aromatic heterocycles. The summed E-state index contributed by atoms with van der Waals surface area (Å²) in [5, 5.41) is 14.0. The molecule has 0 aliphatic carbocycles. The van der Waals surface area contributed by atoms with E-state index in [1.54, 1.807) is 11.8 Å². The molecule has 1 rings (SSSR count). The van der Waals surface area contributed by atoms with E-state index in [2.05, 4.69) is 5.32 Å². The summed E-state index contributed by atoms with van der Waals surface area (Å²) in [7, 11) is 0. The molecular formula is C12H17N3O3S. The highest BCUT2D eigenvalue weighted by atomic mass is 32.2. The molecule has 1 aromatic rings. The fraction of sp³-hybridized carbons (Fsp3) is 0.417. The number of nitrogens with zero attached hydrogens (tertiary/aromatic N) is 1. The highest BCUT2D eigenvalue weighted by Crippen LogP contribution is 2.26. The Bertz CT molecular complexity index is 479. The highest BCUT2D eigenvalue weighted by molar-refractivity contribution is 7.98. The predicted molar refractivity (Wildman–Crippen MR) is 77.7 cm³/mol. The van der Waals surface area contributed by atoms with Crippen LogP contribution >= 0.6 is 11.8 Å². The van der Waals surface area contributed by atoms with Crippen LogP contribution in [-0.2, 0) is 0 Å². The van der Waals surface area contributed by atoms with Crippen LogP contribution in [-0.4, -0.2) is 28.9 Å². The number of hydrogen-bond donors (Lipinski definition) is 2. The SMILES string of the molecule is CSCCC(C)Nc1cc(C(N)=O)ccc1[N+](=O)[O-]. The van der Waals surface area contributed by atoms with Crippen molar-refractivity contribution in [1.29, 1.82) is 0 Å². The number of thioether (sulfide) groups is 1. The van der Waals surface area contributed by atoms with E-state index < -0.39 is 10.8 Å². The van der Waals surface area contributed by atoms with Crippen LogP contribution in [0.5, 0.6) is 0 Å². The normalized spacial score (nSPS) is 11.9. The molecular weight excluding hydrogens is 266 g/mol. The largest absolute Gasteiger partial charge is 0.377 e. The lowest BCUT2D eigenvalue weighted by atomic mass is 10.1. The molecule has 1 atom stereocenters. The van der Waals surface area contributed by atoms with Gasteiger partial charge >= 0.3 is 0 Å². The van der Waals surface area contributed by atoms with Gasteiger partial charge in [0.25, 0.3) is 5.69 Å². The summed E-state index contributed by atoms with van der Waals surface area (Å²) in [5.41, 5.74) is 5.71. The Morgan fingerprint density at radius 3 is 2.79 bits per heavy atom. The third-order valence-electron chi connectivity index (χ3n) is 2.63. The number of primary amides is 1. The minimum Gasteiger partial charge on any atom is -0.377 e. The average molecular weight is 283 g/mol. The quantitative estimate of drug-likeness (QED) is 0.590. The first-order valence-electron chi connectivity index (χ1n) is 5.79. The molecule has 0 radical (unpaired) electrons. The summed E-state index contributed by atoms with van der Waals surface area (Å²) in [5.74, 6) is 0.354. The summed E-state index contributed by atoms with van der Waals surface area (Å²) >= 11 is 1.71. The van der Waals surface area contributed by atoms with Gasteiger partial charge < -0.3 is 11.1 Å². The minimum atomic E-state index is -0.602. The van der Waals surface area contributed by atoms with Gasteiger partial charge in [-0.05, 0) is 37.5 Å². The molecule has 1 aromatic carbocycles. The molecule has 19 heavy (non-hydrogen) atoms. The van der Waals surface area contributed by atoms with Gasteiger partial charge in [0.15, 0.2) is 0 Å². The molecule has 1 amide bonds. The standard InChI is InChI=1S/C12H17N3O3S/c1-8(5-6-19-2)14-10-7-9(12(13)16)3-4-11(10)15(17)18/h3-4,7-8,14H,5-6H2,1-2H3,(H2,13,16). The van der Waals surface area contributed by atoms with Crippen LogP contribution in [0.4, 0.5) is 11.4 Å². The van der Waals surface area contributed by atoms with Crippen molar-refractivity contribution in [2.24, 2.45) is 5.73 Å². The number of nitro benzene ring substituents is 1. The van der Waals surface area contributed by atoms with Crippen LogP contribution in [0.1, 0.15) is 23.7 Å². The molecule has 1 unspecified atom stereocenters. The smallest absolute Gasteiger partial charge is 0.292 e. The Kier molecular flexibility index (Phi) is 5.62. The van der Waals surface area contributed by atoms with Crippen LogP contribution in [0, 0.1) is 10.1 Å². The first kappa shape index (κ1) is 15.3. The van der Waals surface area contributed by atoms with Gasteiger partial charge in [-0.2, -0.15) is 11.8 Å². The lowest BCUT2D eigenvalue weighted by molar-refractivity contribution is -0.384. The van der Waals surface area contributed by atoms with E-state index in [1.807, 2.05) is 13.2 Å². The van der Waals surface area contributed by atoms with Crippen molar-refractivity contribution in [2.45, 2.75) is 19.4 Å². The summed E-state index contributed by atoms with van der Waals surface area (Å²) in [4.78, 5) is 21.6. The zero-order chi connectivity index (χ0) is 14.4. The zero-order valence-corrected chi connectivity index (χ0v) is 11.7. The third kappa shape index (κ3) is 4.44. The maximum atomic E-state index is 11.1. The first-order valence-corrected chi connectivity index (χ1v) is 7.18. The van der Waals surface area contributed by atoms with Crippen LogP contribution in [0.15, 0.2) is 18.2 Å². The number of rotatable bonds is 7. The van der Waals surface area contributed by atoms with Gasteiger partial charge in [-0.25, -0.2) is 0 Å². The Balaban J connectivity index is 2.97. The maximum absolute atomic E-state index is 11.1. The van der Waals surface area contributed by atoms with Crippen LogP contribution < -0.4 is 11.1 Å². The molecule has 0 heterocycles. The molecule has 0 bridgehead atoms. The summed E-state index contributed by atoms with van der Waals surface area (Å²) in [6.07, 6.45) is 2.88. The Hall–Kier alpha value is -1.76. The number of amides is 1. The number of nitrogens with two attached hydrogens (primary N) is 1. The van der Waals surface area contributed by atoms with Gasteiger partial charge in [0.05, 0.1) is 4.92 Å². The third-order valence-corrected chi connectivity index (χ3v) is 3.28. The second-order valence-electron chi connectivity index (χ2n) is 4.18. The van der Waals surface area contributed by atoms with Crippen LogP contribution in [0.3, 0.4) is 0 Å². The molecule has 0 aliphatic heterocycles. The number of carbonyl (C=O) groups is 1. The van der Waals surface area contributed by atoms with Gasteiger partial charge in [0, 0.05) is 17.7 Å².